The van der Waals surface area contributed by atoms with Gasteiger partial charge in [0.1, 0.15) is 5.75 Å². The molecule has 0 saturated heterocycles. The van der Waals surface area contributed by atoms with Gasteiger partial charge in [-0.2, -0.15) is 0 Å². The molecular weight excluding hydrogens is 244 g/mol. The van der Waals surface area contributed by atoms with Crippen molar-refractivity contribution in [1.29, 1.82) is 0 Å². The fourth-order valence-electron chi connectivity index (χ4n) is 2.99. The van der Waals surface area contributed by atoms with Crippen LogP contribution in [0.4, 0.5) is 0 Å². The fourth-order valence-corrected chi connectivity index (χ4v) is 3.36. The molecule has 0 N–H and O–H groups in total. The zero-order valence-corrected chi connectivity index (χ0v) is 12.4. The van der Waals surface area contributed by atoms with Crippen LogP contribution in [0.5, 0.6) is 5.75 Å². The van der Waals surface area contributed by atoms with Crippen LogP contribution in [0.15, 0.2) is 12.1 Å². The smallest absolute Gasteiger partial charge is 0.125 e. The van der Waals surface area contributed by atoms with Gasteiger partial charge in [-0.1, -0.05) is 25.0 Å². The molecule has 1 fully saturated rings. The molecule has 1 aliphatic carbocycles. The Morgan fingerprint density at radius 3 is 2.61 bits per heavy atom. The predicted octanol–water partition coefficient (Wildman–Crippen LogP) is 4.97. The van der Waals surface area contributed by atoms with Gasteiger partial charge in [0.25, 0.3) is 0 Å². The van der Waals surface area contributed by atoms with Gasteiger partial charge in [0, 0.05) is 5.38 Å². The summed E-state index contributed by atoms with van der Waals surface area (Å²) < 4.78 is 5.64. The van der Waals surface area contributed by atoms with Crippen molar-refractivity contribution in [2.24, 2.45) is 0 Å². The maximum Gasteiger partial charge on any atom is 0.125 e. The molecule has 0 aliphatic heterocycles. The molecule has 2 heteroatoms. The maximum atomic E-state index is 6.39. The standard InChI is InChI=1S/C16H23ClO/c1-11-8-9-15(16(18-3)12(11)2)13-6-4-5-7-14(17)10-13/h8-9,13-14H,4-7,10H2,1-3H3. The van der Waals surface area contributed by atoms with E-state index in [1.54, 1.807) is 7.11 Å². The molecule has 0 bridgehead atoms. The van der Waals surface area contributed by atoms with Gasteiger partial charge in [-0.15, -0.1) is 11.6 Å². The molecule has 1 aromatic carbocycles. The zero-order valence-electron chi connectivity index (χ0n) is 11.6. The average molecular weight is 267 g/mol. The number of rotatable bonds is 2. The van der Waals surface area contributed by atoms with Crippen molar-refractivity contribution in [3.05, 3.63) is 28.8 Å². The number of aryl methyl sites for hydroxylation is 1. The van der Waals surface area contributed by atoms with E-state index in [1.807, 2.05) is 0 Å². The molecule has 2 rings (SSSR count). The Bertz CT molecular complexity index is 414. The molecular formula is C16H23ClO. The Hall–Kier alpha value is -0.690. The molecule has 0 spiro atoms. The van der Waals surface area contributed by atoms with Crippen molar-refractivity contribution >= 4 is 11.6 Å². The Labute approximate surface area is 115 Å². The minimum absolute atomic E-state index is 0.323. The monoisotopic (exact) mass is 266 g/mol. The van der Waals surface area contributed by atoms with Gasteiger partial charge >= 0.3 is 0 Å². The summed E-state index contributed by atoms with van der Waals surface area (Å²) in [6, 6.07) is 4.45. The normalized spacial score (nSPS) is 24.7. The first-order valence-electron chi connectivity index (χ1n) is 6.91. The van der Waals surface area contributed by atoms with Gasteiger partial charge in [0.15, 0.2) is 0 Å². The lowest BCUT2D eigenvalue weighted by Crippen LogP contribution is -2.07. The highest BCUT2D eigenvalue weighted by Crippen LogP contribution is 2.40. The second-order valence-corrected chi connectivity index (χ2v) is 6.06. The van der Waals surface area contributed by atoms with E-state index in [0.717, 1.165) is 18.6 Å². The van der Waals surface area contributed by atoms with Crippen LogP contribution < -0.4 is 4.74 Å². The lowest BCUT2D eigenvalue weighted by molar-refractivity contribution is 0.398. The summed E-state index contributed by atoms with van der Waals surface area (Å²) in [5.74, 6) is 1.63. The SMILES string of the molecule is COc1c(C2CCCCC(Cl)C2)ccc(C)c1C. The van der Waals surface area contributed by atoms with E-state index in [4.69, 9.17) is 16.3 Å². The van der Waals surface area contributed by atoms with Crippen molar-refractivity contribution < 1.29 is 4.74 Å². The third-order valence-electron chi connectivity index (χ3n) is 4.21. The number of alkyl halides is 1. The van der Waals surface area contributed by atoms with Gasteiger partial charge in [-0.25, -0.2) is 0 Å². The Kier molecular flexibility index (Phi) is 4.55. The highest BCUT2D eigenvalue weighted by atomic mass is 35.5. The average Bonchev–Trinajstić information content (AvgIpc) is 2.57. The minimum atomic E-state index is 0.323. The van der Waals surface area contributed by atoms with Crippen molar-refractivity contribution in [2.75, 3.05) is 7.11 Å². The van der Waals surface area contributed by atoms with Crippen molar-refractivity contribution in [3.63, 3.8) is 0 Å². The number of halogens is 1. The van der Waals surface area contributed by atoms with Crippen LogP contribution in [0, 0.1) is 13.8 Å². The fraction of sp³-hybridized carbons (Fsp3) is 0.625. The summed E-state index contributed by atoms with van der Waals surface area (Å²) >= 11 is 6.39. The Morgan fingerprint density at radius 2 is 1.89 bits per heavy atom. The summed E-state index contributed by atoms with van der Waals surface area (Å²) in [6.45, 7) is 4.28. The highest BCUT2D eigenvalue weighted by Gasteiger charge is 2.23. The topological polar surface area (TPSA) is 9.23 Å². The molecule has 1 aromatic rings. The molecule has 1 nitrogen and oxygen atoms in total. The largest absolute Gasteiger partial charge is 0.496 e. The van der Waals surface area contributed by atoms with Crippen molar-refractivity contribution in [3.8, 4) is 5.75 Å². The van der Waals surface area contributed by atoms with Crippen LogP contribution in [0.3, 0.4) is 0 Å². The van der Waals surface area contributed by atoms with E-state index >= 15 is 0 Å². The molecule has 0 radical (unpaired) electrons. The number of hydrogen-bond acceptors (Lipinski definition) is 1. The lowest BCUT2D eigenvalue weighted by Gasteiger charge is -2.21. The lowest BCUT2D eigenvalue weighted by atomic mass is 9.88. The number of ether oxygens (including phenoxy) is 1. The highest BCUT2D eigenvalue weighted by molar-refractivity contribution is 6.20. The molecule has 100 valence electrons. The first-order chi connectivity index (χ1) is 8.63. The van der Waals surface area contributed by atoms with Crippen LogP contribution in [0.1, 0.15) is 54.7 Å². The zero-order chi connectivity index (χ0) is 13.1. The molecule has 1 aliphatic rings. The van der Waals surface area contributed by atoms with Gasteiger partial charge < -0.3 is 4.74 Å². The van der Waals surface area contributed by atoms with Crippen LogP contribution >= 0.6 is 11.6 Å². The summed E-state index contributed by atoms with van der Waals surface area (Å²) in [6.07, 6.45) is 6.02. The summed E-state index contributed by atoms with van der Waals surface area (Å²) in [5.41, 5.74) is 3.92. The van der Waals surface area contributed by atoms with Crippen molar-refractivity contribution in [2.45, 2.75) is 57.2 Å². The Balaban J connectivity index is 2.34. The molecule has 18 heavy (non-hydrogen) atoms. The first-order valence-corrected chi connectivity index (χ1v) is 7.35. The van der Waals surface area contributed by atoms with Gasteiger partial charge in [-0.05, 0) is 55.7 Å². The Morgan fingerprint density at radius 1 is 1.17 bits per heavy atom. The second kappa shape index (κ2) is 5.97. The second-order valence-electron chi connectivity index (χ2n) is 5.44. The number of hydrogen-bond donors (Lipinski definition) is 0. The van der Waals surface area contributed by atoms with E-state index in [-0.39, 0.29) is 0 Å². The van der Waals surface area contributed by atoms with Crippen LogP contribution in [-0.4, -0.2) is 12.5 Å². The van der Waals surface area contributed by atoms with E-state index < -0.39 is 0 Å². The van der Waals surface area contributed by atoms with Crippen LogP contribution in [0.25, 0.3) is 0 Å². The molecule has 0 amide bonds. The molecule has 2 atom stereocenters. The summed E-state index contributed by atoms with van der Waals surface area (Å²) in [5, 5.41) is 0.323. The third-order valence-corrected chi connectivity index (χ3v) is 4.61. The van der Waals surface area contributed by atoms with Gasteiger partial charge in [0.05, 0.1) is 7.11 Å². The van der Waals surface area contributed by atoms with Crippen molar-refractivity contribution in [1.82, 2.24) is 0 Å². The minimum Gasteiger partial charge on any atom is -0.496 e. The molecule has 2 unspecified atom stereocenters. The van der Waals surface area contributed by atoms with Crippen LogP contribution in [0.2, 0.25) is 0 Å². The summed E-state index contributed by atoms with van der Waals surface area (Å²) in [4.78, 5) is 0. The van der Waals surface area contributed by atoms with Crippen LogP contribution in [-0.2, 0) is 0 Å². The quantitative estimate of drug-likeness (QED) is 0.543. The number of benzene rings is 1. The predicted molar refractivity (Wildman–Crippen MR) is 77.9 cm³/mol. The van der Waals surface area contributed by atoms with E-state index in [9.17, 15) is 0 Å². The summed E-state index contributed by atoms with van der Waals surface area (Å²) in [7, 11) is 1.78. The van der Waals surface area contributed by atoms with E-state index in [2.05, 4.69) is 26.0 Å². The first kappa shape index (κ1) is 13.7. The van der Waals surface area contributed by atoms with Gasteiger partial charge in [-0.3, -0.25) is 0 Å². The molecule has 0 heterocycles. The molecule has 1 saturated carbocycles. The third kappa shape index (κ3) is 2.83. The van der Waals surface area contributed by atoms with E-state index in [0.29, 0.717) is 11.3 Å². The van der Waals surface area contributed by atoms with E-state index in [1.165, 1.54) is 36.0 Å². The molecule has 0 aromatic heterocycles. The van der Waals surface area contributed by atoms with Gasteiger partial charge in [0.2, 0.25) is 0 Å². The number of methoxy groups -OCH3 is 1. The maximum absolute atomic E-state index is 6.39.